The zero-order valence-electron chi connectivity index (χ0n) is 11.1. The Kier molecular flexibility index (Phi) is 5.69. The van der Waals surface area contributed by atoms with Crippen molar-refractivity contribution in [2.45, 2.75) is 31.8 Å². The van der Waals surface area contributed by atoms with E-state index in [-0.39, 0.29) is 12.1 Å². The summed E-state index contributed by atoms with van der Waals surface area (Å²) in [5.74, 6) is -0.169. The van der Waals surface area contributed by atoms with Crippen molar-refractivity contribution in [3.8, 4) is 0 Å². The molecule has 0 amide bonds. The van der Waals surface area contributed by atoms with Gasteiger partial charge < -0.3 is 14.8 Å². The Labute approximate surface area is 114 Å². The molecule has 1 aliphatic heterocycles. The number of hydrogen-bond acceptors (Lipinski definition) is 4. The van der Waals surface area contributed by atoms with E-state index in [1.807, 2.05) is 30.3 Å². The van der Waals surface area contributed by atoms with Gasteiger partial charge >= 0.3 is 5.97 Å². The van der Waals surface area contributed by atoms with E-state index in [0.717, 1.165) is 31.6 Å². The summed E-state index contributed by atoms with van der Waals surface area (Å²) in [6, 6.07) is 9.83. The number of esters is 1. The lowest BCUT2D eigenvalue weighted by molar-refractivity contribution is -0.148. The van der Waals surface area contributed by atoms with Crippen molar-refractivity contribution >= 4 is 11.7 Å². The second kappa shape index (κ2) is 7.79. The zero-order valence-corrected chi connectivity index (χ0v) is 11.1. The Morgan fingerprint density at radius 1 is 1.32 bits per heavy atom. The van der Waals surface area contributed by atoms with E-state index < -0.39 is 0 Å². The van der Waals surface area contributed by atoms with E-state index in [1.54, 1.807) is 0 Å². The fraction of sp³-hybridized carbons (Fsp3) is 0.533. The number of hydrogen-bond donors (Lipinski definition) is 1. The van der Waals surface area contributed by atoms with Gasteiger partial charge in [-0.3, -0.25) is 4.79 Å². The van der Waals surface area contributed by atoms with Gasteiger partial charge in [-0.2, -0.15) is 0 Å². The SMILES string of the molecule is O=C(CCNc1ccccc1)OCC1CCCCO1. The van der Waals surface area contributed by atoms with Gasteiger partial charge in [-0.1, -0.05) is 18.2 Å². The smallest absolute Gasteiger partial charge is 0.307 e. The predicted octanol–water partition coefficient (Wildman–Crippen LogP) is 2.60. The molecular weight excluding hydrogens is 242 g/mol. The van der Waals surface area contributed by atoms with Gasteiger partial charge in [-0.05, 0) is 31.4 Å². The lowest BCUT2D eigenvalue weighted by Crippen LogP contribution is -2.26. The first kappa shape index (κ1) is 13.9. The summed E-state index contributed by atoms with van der Waals surface area (Å²) < 4.78 is 10.7. The van der Waals surface area contributed by atoms with Gasteiger partial charge in [0.1, 0.15) is 6.61 Å². The molecule has 1 atom stereocenters. The lowest BCUT2D eigenvalue weighted by Gasteiger charge is -2.22. The maximum absolute atomic E-state index is 11.6. The molecule has 2 rings (SSSR count). The summed E-state index contributed by atoms with van der Waals surface area (Å²) in [5, 5.41) is 3.18. The van der Waals surface area contributed by atoms with Crippen molar-refractivity contribution < 1.29 is 14.3 Å². The number of rotatable bonds is 6. The van der Waals surface area contributed by atoms with Crippen LogP contribution in [0.3, 0.4) is 0 Å². The second-order valence-corrected chi connectivity index (χ2v) is 4.71. The topological polar surface area (TPSA) is 47.6 Å². The molecule has 1 fully saturated rings. The van der Waals surface area contributed by atoms with Crippen molar-refractivity contribution in [3.05, 3.63) is 30.3 Å². The van der Waals surface area contributed by atoms with Crippen molar-refractivity contribution in [1.29, 1.82) is 0 Å². The van der Waals surface area contributed by atoms with Gasteiger partial charge in [-0.25, -0.2) is 0 Å². The maximum atomic E-state index is 11.6. The summed E-state index contributed by atoms with van der Waals surface area (Å²) >= 11 is 0. The molecule has 4 heteroatoms. The number of benzene rings is 1. The Bertz CT molecular complexity index is 374. The molecule has 1 N–H and O–H groups in total. The molecule has 0 saturated carbocycles. The predicted molar refractivity (Wildman–Crippen MR) is 74.1 cm³/mol. The number of nitrogens with one attached hydrogen (secondary N) is 1. The van der Waals surface area contributed by atoms with E-state index in [4.69, 9.17) is 9.47 Å². The second-order valence-electron chi connectivity index (χ2n) is 4.71. The van der Waals surface area contributed by atoms with E-state index in [2.05, 4.69) is 5.32 Å². The first-order valence-electron chi connectivity index (χ1n) is 6.91. The summed E-state index contributed by atoms with van der Waals surface area (Å²) in [4.78, 5) is 11.6. The van der Waals surface area contributed by atoms with Crippen molar-refractivity contribution in [1.82, 2.24) is 0 Å². The minimum atomic E-state index is -0.169. The molecule has 1 unspecified atom stereocenters. The molecule has 104 valence electrons. The van der Waals surface area contributed by atoms with E-state index >= 15 is 0 Å². The Morgan fingerprint density at radius 2 is 2.16 bits per heavy atom. The van der Waals surface area contributed by atoms with E-state index in [0.29, 0.717) is 19.6 Å². The fourth-order valence-corrected chi connectivity index (χ4v) is 2.06. The normalized spacial score (nSPS) is 18.8. The summed E-state index contributed by atoms with van der Waals surface area (Å²) in [7, 11) is 0. The highest BCUT2D eigenvalue weighted by atomic mass is 16.6. The van der Waals surface area contributed by atoms with Crippen LogP contribution < -0.4 is 5.32 Å². The number of para-hydroxylation sites is 1. The van der Waals surface area contributed by atoms with Crippen LogP contribution in [-0.4, -0.2) is 31.8 Å². The van der Waals surface area contributed by atoms with Crippen LogP contribution in [-0.2, 0) is 14.3 Å². The maximum Gasteiger partial charge on any atom is 0.307 e. The van der Waals surface area contributed by atoms with Crippen LogP contribution in [0.5, 0.6) is 0 Å². The van der Waals surface area contributed by atoms with Crippen LogP contribution >= 0.6 is 0 Å². The van der Waals surface area contributed by atoms with Crippen molar-refractivity contribution in [2.24, 2.45) is 0 Å². The minimum Gasteiger partial charge on any atom is -0.463 e. The molecule has 1 heterocycles. The van der Waals surface area contributed by atoms with Crippen LogP contribution in [0.1, 0.15) is 25.7 Å². The van der Waals surface area contributed by atoms with Gasteiger partial charge in [0.05, 0.1) is 12.5 Å². The standard InChI is InChI=1S/C15H21NO3/c17-15(19-12-14-8-4-5-11-18-14)9-10-16-13-6-2-1-3-7-13/h1-3,6-7,14,16H,4-5,8-12H2. The van der Waals surface area contributed by atoms with Crippen molar-refractivity contribution in [2.75, 3.05) is 25.1 Å². The van der Waals surface area contributed by atoms with Gasteiger partial charge in [0, 0.05) is 18.8 Å². The third-order valence-electron chi connectivity index (χ3n) is 3.14. The molecule has 4 nitrogen and oxygen atoms in total. The van der Waals surface area contributed by atoms with Crippen LogP contribution in [0.15, 0.2) is 30.3 Å². The Morgan fingerprint density at radius 3 is 2.89 bits per heavy atom. The molecule has 19 heavy (non-hydrogen) atoms. The molecule has 1 saturated heterocycles. The molecule has 0 bridgehead atoms. The average molecular weight is 263 g/mol. The summed E-state index contributed by atoms with van der Waals surface area (Å²) in [6.45, 7) is 1.77. The number of carbonyl (C=O) groups excluding carboxylic acids is 1. The quantitative estimate of drug-likeness (QED) is 0.801. The van der Waals surface area contributed by atoms with Crippen LogP contribution in [0.4, 0.5) is 5.69 Å². The first-order valence-corrected chi connectivity index (χ1v) is 6.91. The van der Waals surface area contributed by atoms with E-state index in [9.17, 15) is 4.79 Å². The Hall–Kier alpha value is -1.55. The molecule has 0 radical (unpaired) electrons. The van der Waals surface area contributed by atoms with Gasteiger partial charge in [0.25, 0.3) is 0 Å². The molecule has 1 aromatic rings. The van der Waals surface area contributed by atoms with Crippen LogP contribution in [0.2, 0.25) is 0 Å². The number of ether oxygens (including phenoxy) is 2. The lowest BCUT2D eigenvalue weighted by atomic mass is 10.1. The molecular formula is C15H21NO3. The highest BCUT2D eigenvalue weighted by molar-refractivity contribution is 5.70. The molecule has 1 aliphatic rings. The van der Waals surface area contributed by atoms with E-state index in [1.165, 1.54) is 0 Å². The molecule has 1 aromatic carbocycles. The first-order chi connectivity index (χ1) is 9.34. The summed E-state index contributed by atoms with van der Waals surface area (Å²) in [5.41, 5.74) is 1.02. The van der Waals surface area contributed by atoms with Gasteiger partial charge in [-0.15, -0.1) is 0 Å². The van der Waals surface area contributed by atoms with Gasteiger partial charge in [0.2, 0.25) is 0 Å². The highest BCUT2D eigenvalue weighted by Gasteiger charge is 2.15. The Balaban J connectivity index is 1.57. The monoisotopic (exact) mass is 263 g/mol. The molecule has 0 spiro atoms. The number of anilines is 1. The third-order valence-corrected chi connectivity index (χ3v) is 3.14. The number of carbonyl (C=O) groups is 1. The zero-order chi connectivity index (χ0) is 13.3. The van der Waals surface area contributed by atoms with Crippen LogP contribution in [0.25, 0.3) is 0 Å². The summed E-state index contributed by atoms with van der Waals surface area (Å²) in [6.07, 6.45) is 3.75. The van der Waals surface area contributed by atoms with Gasteiger partial charge in [0.15, 0.2) is 0 Å². The average Bonchev–Trinajstić information content (AvgIpc) is 2.47. The van der Waals surface area contributed by atoms with Crippen molar-refractivity contribution in [3.63, 3.8) is 0 Å². The highest BCUT2D eigenvalue weighted by Crippen LogP contribution is 2.13. The molecule has 0 aliphatic carbocycles. The third kappa shape index (κ3) is 5.30. The van der Waals surface area contributed by atoms with Crippen LogP contribution in [0, 0.1) is 0 Å². The molecule has 0 aromatic heterocycles. The largest absolute Gasteiger partial charge is 0.463 e. The minimum absolute atomic E-state index is 0.0970. The fourth-order valence-electron chi connectivity index (χ4n) is 2.06.